The molecule has 0 bridgehead atoms. The van der Waals surface area contributed by atoms with Gasteiger partial charge < -0.3 is 14.4 Å². The van der Waals surface area contributed by atoms with Gasteiger partial charge in [0, 0.05) is 32.3 Å². The van der Waals surface area contributed by atoms with Crippen molar-refractivity contribution in [1.82, 2.24) is 9.21 Å². The highest BCUT2D eigenvalue weighted by Crippen LogP contribution is 2.23. The zero-order valence-electron chi connectivity index (χ0n) is 19.3. The molecule has 1 fully saturated rings. The Balaban J connectivity index is 1.27. The van der Waals surface area contributed by atoms with Gasteiger partial charge in [-0.2, -0.15) is 4.31 Å². The average molecular weight is 495 g/mol. The van der Waals surface area contributed by atoms with Gasteiger partial charge >= 0.3 is 5.97 Å². The number of esters is 1. The van der Waals surface area contributed by atoms with E-state index >= 15 is 0 Å². The zero-order valence-corrected chi connectivity index (χ0v) is 20.1. The number of carbonyl (C=O) groups excluding carboxylic acids is 2. The van der Waals surface area contributed by atoms with Crippen LogP contribution in [0.3, 0.4) is 0 Å². The quantitative estimate of drug-likeness (QED) is 0.370. The molecule has 0 unspecified atom stereocenters. The SMILES string of the molecule is COc1ccc(/C=C/C(=O)OCC(=O)N2CCN(S(=O)(=O)c3ccc4ccccc4c3)CC2)cc1. The minimum Gasteiger partial charge on any atom is -0.497 e. The molecule has 182 valence electrons. The van der Waals surface area contributed by atoms with E-state index < -0.39 is 22.6 Å². The number of sulfonamides is 1. The monoisotopic (exact) mass is 494 g/mol. The Morgan fingerprint density at radius 1 is 0.914 bits per heavy atom. The number of hydrogen-bond acceptors (Lipinski definition) is 6. The van der Waals surface area contributed by atoms with Gasteiger partial charge in [-0.3, -0.25) is 4.79 Å². The van der Waals surface area contributed by atoms with Gasteiger partial charge in [-0.15, -0.1) is 0 Å². The van der Waals surface area contributed by atoms with E-state index in [1.807, 2.05) is 24.3 Å². The largest absolute Gasteiger partial charge is 0.497 e. The highest BCUT2D eigenvalue weighted by atomic mass is 32.2. The van der Waals surface area contributed by atoms with Gasteiger partial charge in [0.05, 0.1) is 12.0 Å². The topological polar surface area (TPSA) is 93.2 Å². The summed E-state index contributed by atoms with van der Waals surface area (Å²) in [6.07, 6.45) is 2.84. The summed E-state index contributed by atoms with van der Waals surface area (Å²) in [6.45, 7) is 0.400. The number of piperazine rings is 1. The summed E-state index contributed by atoms with van der Waals surface area (Å²) in [7, 11) is -2.10. The van der Waals surface area contributed by atoms with Crippen LogP contribution >= 0.6 is 0 Å². The zero-order chi connectivity index (χ0) is 24.8. The first-order valence-electron chi connectivity index (χ1n) is 11.1. The maximum Gasteiger partial charge on any atom is 0.331 e. The van der Waals surface area contributed by atoms with Crippen molar-refractivity contribution < 1.29 is 27.5 Å². The molecule has 0 aliphatic carbocycles. The van der Waals surface area contributed by atoms with Crippen molar-refractivity contribution in [1.29, 1.82) is 0 Å². The van der Waals surface area contributed by atoms with Gasteiger partial charge in [-0.25, -0.2) is 13.2 Å². The lowest BCUT2D eigenvalue weighted by molar-refractivity contribution is -0.148. The number of fused-ring (bicyclic) bond motifs is 1. The van der Waals surface area contributed by atoms with E-state index in [4.69, 9.17) is 9.47 Å². The predicted octanol–water partition coefficient (Wildman–Crippen LogP) is 2.94. The number of hydrogen-bond donors (Lipinski definition) is 0. The predicted molar refractivity (Wildman–Crippen MR) is 132 cm³/mol. The molecule has 0 N–H and O–H groups in total. The summed E-state index contributed by atoms with van der Waals surface area (Å²) in [5, 5.41) is 1.82. The lowest BCUT2D eigenvalue weighted by atomic mass is 10.1. The van der Waals surface area contributed by atoms with Crippen molar-refractivity contribution in [2.45, 2.75) is 4.90 Å². The standard InChI is InChI=1S/C26H26N2O6S/c1-33-23-10-6-20(7-11-23)8-13-26(30)34-19-25(29)27-14-16-28(17-15-27)35(31,32)24-12-9-21-4-2-3-5-22(21)18-24/h2-13,18H,14-17,19H2,1H3/b13-8+. The van der Waals surface area contributed by atoms with Crippen LogP contribution in [0, 0.1) is 0 Å². The Hall–Kier alpha value is -3.69. The molecule has 0 atom stereocenters. The molecule has 3 aromatic rings. The third-order valence-electron chi connectivity index (χ3n) is 5.82. The van der Waals surface area contributed by atoms with Crippen molar-refractivity contribution in [3.8, 4) is 5.75 Å². The van der Waals surface area contributed by atoms with Gasteiger partial charge in [0.2, 0.25) is 10.0 Å². The maximum atomic E-state index is 13.1. The Bertz CT molecular complexity index is 1340. The number of carbonyl (C=O) groups is 2. The Kier molecular flexibility index (Phi) is 7.48. The summed E-state index contributed by atoms with van der Waals surface area (Å²) >= 11 is 0. The van der Waals surface area contributed by atoms with E-state index in [-0.39, 0.29) is 37.0 Å². The smallest absolute Gasteiger partial charge is 0.331 e. The molecular weight excluding hydrogens is 468 g/mol. The molecule has 1 amide bonds. The normalized spacial score (nSPS) is 14.8. The average Bonchev–Trinajstić information content (AvgIpc) is 2.90. The van der Waals surface area contributed by atoms with Crippen LogP contribution in [0.2, 0.25) is 0 Å². The van der Waals surface area contributed by atoms with Crippen molar-refractivity contribution in [2.75, 3.05) is 39.9 Å². The second-order valence-electron chi connectivity index (χ2n) is 8.01. The third kappa shape index (κ3) is 5.87. The number of amides is 1. The fourth-order valence-electron chi connectivity index (χ4n) is 3.81. The van der Waals surface area contributed by atoms with E-state index in [0.29, 0.717) is 5.75 Å². The van der Waals surface area contributed by atoms with Crippen LogP contribution in [0.15, 0.2) is 77.7 Å². The molecule has 0 saturated carbocycles. The molecule has 9 heteroatoms. The number of nitrogens with zero attached hydrogens (tertiary/aromatic N) is 2. The number of ether oxygens (including phenoxy) is 2. The van der Waals surface area contributed by atoms with Crippen LogP contribution in [-0.4, -0.2) is 69.4 Å². The molecule has 8 nitrogen and oxygen atoms in total. The second kappa shape index (κ2) is 10.7. The number of methoxy groups -OCH3 is 1. The number of benzene rings is 3. The first-order chi connectivity index (χ1) is 16.9. The van der Waals surface area contributed by atoms with Gasteiger partial charge in [0.25, 0.3) is 5.91 Å². The summed E-state index contributed by atoms with van der Waals surface area (Å²) in [5.41, 5.74) is 0.790. The summed E-state index contributed by atoms with van der Waals surface area (Å²) in [5.74, 6) is -0.286. The molecular formula is C26H26N2O6S. The third-order valence-corrected chi connectivity index (χ3v) is 7.71. The molecule has 0 radical (unpaired) electrons. The summed E-state index contributed by atoms with van der Waals surface area (Å²) in [6, 6.07) is 19.8. The molecule has 4 rings (SSSR count). The Morgan fingerprint density at radius 3 is 2.29 bits per heavy atom. The van der Waals surface area contributed by atoms with E-state index in [9.17, 15) is 18.0 Å². The van der Waals surface area contributed by atoms with Crippen LogP contribution in [0.1, 0.15) is 5.56 Å². The fraction of sp³-hybridized carbons (Fsp3) is 0.231. The first kappa shape index (κ1) is 24.4. The van der Waals surface area contributed by atoms with E-state index in [1.165, 1.54) is 15.3 Å². The van der Waals surface area contributed by atoms with Crippen LogP contribution in [-0.2, 0) is 24.3 Å². The van der Waals surface area contributed by atoms with Gasteiger partial charge in [-0.05, 0) is 46.7 Å². The molecule has 1 saturated heterocycles. The lowest BCUT2D eigenvalue weighted by Gasteiger charge is -2.33. The summed E-state index contributed by atoms with van der Waals surface area (Å²) in [4.78, 5) is 26.2. The lowest BCUT2D eigenvalue weighted by Crippen LogP contribution is -2.51. The highest BCUT2D eigenvalue weighted by molar-refractivity contribution is 7.89. The Labute approximate surface area is 204 Å². The molecule has 1 heterocycles. The van der Waals surface area contributed by atoms with Crippen LogP contribution in [0.25, 0.3) is 16.8 Å². The van der Waals surface area contributed by atoms with Crippen molar-refractivity contribution in [2.24, 2.45) is 0 Å². The molecule has 0 aromatic heterocycles. The minimum absolute atomic E-state index is 0.173. The van der Waals surface area contributed by atoms with Crippen LogP contribution in [0.5, 0.6) is 5.75 Å². The van der Waals surface area contributed by atoms with Crippen LogP contribution in [0.4, 0.5) is 0 Å². The van der Waals surface area contributed by atoms with E-state index in [0.717, 1.165) is 16.3 Å². The Morgan fingerprint density at radius 2 is 1.60 bits per heavy atom. The van der Waals surface area contributed by atoms with Gasteiger partial charge in [-0.1, -0.05) is 42.5 Å². The first-order valence-corrected chi connectivity index (χ1v) is 12.6. The van der Waals surface area contributed by atoms with Gasteiger partial charge in [0.15, 0.2) is 6.61 Å². The highest BCUT2D eigenvalue weighted by Gasteiger charge is 2.30. The van der Waals surface area contributed by atoms with E-state index in [2.05, 4.69) is 0 Å². The molecule has 3 aromatic carbocycles. The molecule has 1 aliphatic rings. The molecule has 35 heavy (non-hydrogen) atoms. The second-order valence-corrected chi connectivity index (χ2v) is 9.95. The molecule has 1 aliphatic heterocycles. The van der Waals surface area contributed by atoms with Gasteiger partial charge in [0.1, 0.15) is 5.75 Å². The van der Waals surface area contributed by atoms with E-state index in [1.54, 1.807) is 55.7 Å². The van der Waals surface area contributed by atoms with Crippen molar-refractivity contribution in [3.63, 3.8) is 0 Å². The molecule has 0 spiro atoms. The fourth-order valence-corrected chi connectivity index (χ4v) is 5.26. The summed E-state index contributed by atoms with van der Waals surface area (Å²) < 4.78 is 37.7. The maximum absolute atomic E-state index is 13.1. The van der Waals surface area contributed by atoms with Crippen LogP contribution < -0.4 is 4.74 Å². The van der Waals surface area contributed by atoms with Crippen molar-refractivity contribution in [3.05, 3.63) is 78.4 Å². The number of rotatable bonds is 7. The van der Waals surface area contributed by atoms with Crippen molar-refractivity contribution >= 4 is 38.7 Å². The minimum atomic E-state index is -3.67.